The molecule has 2 heterocycles. The number of H-pyrrole nitrogens is 1. The van der Waals surface area contributed by atoms with E-state index in [2.05, 4.69) is 21.6 Å². The van der Waals surface area contributed by atoms with Crippen molar-refractivity contribution in [3.05, 3.63) is 11.3 Å². The molecule has 2 aliphatic rings. The van der Waals surface area contributed by atoms with E-state index in [1.165, 1.54) is 6.42 Å². The van der Waals surface area contributed by atoms with Crippen molar-refractivity contribution >= 4 is 11.7 Å². The third-order valence-corrected chi connectivity index (χ3v) is 4.37. The monoisotopic (exact) mass is 273 g/mol. The van der Waals surface area contributed by atoms with Crippen molar-refractivity contribution < 1.29 is 4.79 Å². The first-order chi connectivity index (χ1) is 9.69. The molecular formula is C14H19N5O. The summed E-state index contributed by atoms with van der Waals surface area (Å²) in [6.07, 6.45) is 4.93. The first kappa shape index (κ1) is 13.1. The Balaban J connectivity index is 1.68. The van der Waals surface area contributed by atoms with Crippen molar-refractivity contribution in [3.63, 3.8) is 0 Å². The number of amides is 1. The number of anilines is 1. The highest BCUT2D eigenvalue weighted by molar-refractivity contribution is 5.92. The van der Waals surface area contributed by atoms with Gasteiger partial charge >= 0.3 is 0 Å². The number of carbonyl (C=O) groups excluding carboxylic acids is 1. The van der Waals surface area contributed by atoms with Gasteiger partial charge in [-0.3, -0.25) is 14.8 Å². The topological polar surface area (TPSA) is 84.8 Å². The van der Waals surface area contributed by atoms with Gasteiger partial charge in [-0.1, -0.05) is 0 Å². The Morgan fingerprint density at radius 2 is 2.30 bits per heavy atom. The first-order valence-electron chi connectivity index (χ1n) is 7.16. The van der Waals surface area contributed by atoms with Gasteiger partial charge in [-0.05, 0) is 39.2 Å². The summed E-state index contributed by atoms with van der Waals surface area (Å²) < 4.78 is 0. The zero-order valence-corrected chi connectivity index (χ0v) is 11.6. The highest BCUT2D eigenvalue weighted by Gasteiger charge is 2.34. The minimum absolute atomic E-state index is 0.0190. The molecule has 0 aromatic carbocycles. The Hall–Kier alpha value is -1.87. The Labute approximate surface area is 118 Å². The minimum Gasteiger partial charge on any atom is -0.309 e. The molecule has 3 rings (SSSR count). The average Bonchev–Trinajstić information content (AvgIpc) is 3.03. The van der Waals surface area contributed by atoms with E-state index >= 15 is 0 Å². The van der Waals surface area contributed by atoms with Crippen molar-refractivity contribution in [3.8, 4) is 6.07 Å². The molecule has 1 amide bonds. The van der Waals surface area contributed by atoms with Gasteiger partial charge in [-0.2, -0.15) is 10.4 Å². The van der Waals surface area contributed by atoms with Crippen LogP contribution in [0.3, 0.4) is 0 Å². The predicted molar refractivity (Wildman–Crippen MR) is 74.0 cm³/mol. The van der Waals surface area contributed by atoms with Gasteiger partial charge in [0, 0.05) is 17.8 Å². The first-order valence-corrected chi connectivity index (χ1v) is 7.16. The minimum atomic E-state index is -0.154. The van der Waals surface area contributed by atoms with Gasteiger partial charge in [0.1, 0.15) is 0 Å². The zero-order chi connectivity index (χ0) is 14.1. The van der Waals surface area contributed by atoms with Gasteiger partial charge in [0.2, 0.25) is 5.91 Å². The standard InChI is InChI=1S/C14H19N5O/c1-19-8-9(6-10(19)7-15)14(20)16-13-11-4-2-3-5-12(11)17-18-13/h9-10H,2-6,8H2,1H3,(H2,16,17,18,20). The number of aromatic amines is 1. The summed E-state index contributed by atoms with van der Waals surface area (Å²) in [5.74, 6) is 0.544. The number of aromatic nitrogens is 2. The number of nitriles is 1. The van der Waals surface area contributed by atoms with E-state index < -0.39 is 0 Å². The molecule has 1 aliphatic heterocycles. The average molecular weight is 273 g/mol. The predicted octanol–water partition coefficient (Wildman–Crippen LogP) is 1.07. The number of nitrogens with zero attached hydrogens (tertiary/aromatic N) is 3. The van der Waals surface area contributed by atoms with Crippen LogP contribution in [0.1, 0.15) is 30.5 Å². The molecule has 20 heavy (non-hydrogen) atoms. The fourth-order valence-corrected chi connectivity index (χ4v) is 3.14. The lowest BCUT2D eigenvalue weighted by atomic mass is 9.97. The van der Waals surface area contributed by atoms with Crippen LogP contribution in [0.2, 0.25) is 0 Å². The van der Waals surface area contributed by atoms with Crippen LogP contribution in [-0.4, -0.2) is 40.6 Å². The van der Waals surface area contributed by atoms with Gasteiger partial charge in [0.15, 0.2) is 5.82 Å². The molecule has 0 bridgehead atoms. The van der Waals surface area contributed by atoms with Gasteiger partial charge in [0.25, 0.3) is 0 Å². The van der Waals surface area contributed by atoms with Crippen molar-refractivity contribution in [2.45, 2.75) is 38.1 Å². The van der Waals surface area contributed by atoms with Crippen molar-refractivity contribution in [1.82, 2.24) is 15.1 Å². The number of rotatable bonds is 2. The summed E-state index contributed by atoms with van der Waals surface area (Å²) in [6, 6.07) is 2.08. The molecule has 6 heteroatoms. The Morgan fingerprint density at radius 1 is 1.50 bits per heavy atom. The highest BCUT2D eigenvalue weighted by atomic mass is 16.2. The van der Waals surface area contributed by atoms with Crippen LogP contribution in [0.5, 0.6) is 0 Å². The highest BCUT2D eigenvalue weighted by Crippen LogP contribution is 2.27. The van der Waals surface area contributed by atoms with Crippen LogP contribution in [-0.2, 0) is 17.6 Å². The maximum atomic E-state index is 12.3. The van der Waals surface area contributed by atoms with Crippen LogP contribution in [0.15, 0.2) is 0 Å². The second-order valence-corrected chi connectivity index (χ2v) is 5.74. The molecule has 0 saturated carbocycles. The van der Waals surface area contributed by atoms with Crippen LogP contribution in [0.4, 0.5) is 5.82 Å². The van der Waals surface area contributed by atoms with E-state index in [1.807, 2.05) is 11.9 Å². The number of nitrogens with one attached hydrogen (secondary N) is 2. The molecule has 106 valence electrons. The molecule has 1 fully saturated rings. The van der Waals surface area contributed by atoms with E-state index in [9.17, 15) is 4.79 Å². The zero-order valence-electron chi connectivity index (χ0n) is 11.6. The van der Waals surface area contributed by atoms with Crippen LogP contribution < -0.4 is 5.32 Å². The fraction of sp³-hybridized carbons (Fsp3) is 0.643. The van der Waals surface area contributed by atoms with Gasteiger partial charge in [-0.25, -0.2) is 0 Å². The summed E-state index contributed by atoms with van der Waals surface area (Å²) in [7, 11) is 1.89. The summed E-state index contributed by atoms with van der Waals surface area (Å²) in [5.41, 5.74) is 2.32. The molecule has 2 unspecified atom stereocenters. The second-order valence-electron chi connectivity index (χ2n) is 5.74. The maximum absolute atomic E-state index is 12.3. The lowest BCUT2D eigenvalue weighted by molar-refractivity contribution is -0.119. The third kappa shape index (κ3) is 2.29. The molecule has 2 atom stereocenters. The molecule has 1 aromatic heterocycles. The number of hydrogen-bond acceptors (Lipinski definition) is 4. The molecule has 1 aromatic rings. The number of hydrogen-bond donors (Lipinski definition) is 2. The lowest BCUT2D eigenvalue weighted by Crippen LogP contribution is -2.26. The molecule has 6 nitrogen and oxygen atoms in total. The quantitative estimate of drug-likeness (QED) is 0.844. The normalized spacial score (nSPS) is 26.0. The number of likely N-dealkylation sites (tertiary alicyclic amines) is 1. The van der Waals surface area contributed by atoms with Crippen molar-refractivity contribution in [2.24, 2.45) is 5.92 Å². The van der Waals surface area contributed by atoms with E-state index in [0.29, 0.717) is 18.8 Å². The van der Waals surface area contributed by atoms with Crippen LogP contribution >= 0.6 is 0 Å². The summed E-state index contributed by atoms with van der Waals surface area (Å²) in [5, 5.41) is 19.2. The largest absolute Gasteiger partial charge is 0.309 e. The van der Waals surface area contributed by atoms with E-state index in [1.54, 1.807) is 0 Å². The molecular weight excluding hydrogens is 254 g/mol. The van der Waals surface area contributed by atoms with E-state index in [4.69, 9.17) is 5.26 Å². The maximum Gasteiger partial charge on any atom is 0.230 e. The van der Waals surface area contributed by atoms with Gasteiger partial charge in [0.05, 0.1) is 18.0 Å². The molecule has 0 spiro atoms. The molecule has 1 aliphatic carbocycles. The fourth-order valence-electron chi connectivity index (χ4n) is 3.14. The smallest absolute Gasteiger partial charge is 0.230 e. The Bertz CT molecular complexity index is 558. The van der Waals surface area contributed by atoms with Crippen LogP contribution in [0, 0.1) is 17.2 Å². The Kier molecular flexibility index (Phi) is 3.45. The molecule has 0 radical (unpaired) electrons. The third-order valence-electron chi connectivity index (χ3n) is 4.37. The van der Waals surface area contributed by atoms with Crippen molar-refractivity contribution in [1.29, 1.82) is 5.26 Å². The summed E-state index contributed by atoms with van der Waals surface area (Å²) in [6.45, 7) is 0.636. The number of aryl methyl sites for hydroxylation is 1. The molecule has 1 saturated heterocycles. The summed E-state index contributed by atoms with van der Waals surface area (Å²) in [4.78, 5) is 14.2. The molecule has 2 N–H and O–H groups in total. The number of fused-ring (bicyclic) bond motifs is 1. The van der Waals surface area contributed by atoms with E-state index in [0.717, 1.165) is 30.5 Å². The summed E-state index contributed by atoms with van der Waals surface area (Å²) >= 11 is 0. The SMILES string of the molecule is CN1CC(C(=O)Nc2n[nH]c3c2CCCC3)CC1C#N. The van der Waals surface area contributed by atoms with E-state index in [-0.39, 0.29) is 17.9 Å². The van der Waals surface area contributed by atoms with Crippen molar-refractivity contribution in [2.75, 3.05) is 18.9 Å². The lowest BCUT2D eigenvalue weighted by Gasteiger charge is -2.13. The number of carbonyl (C=O) groups is 1. The van der Waals surface area contributed by atoms with Gasteiger partial charge < -0.3 is 5.32 Å². The van der Waals surface area contributed by atoms with Crippen LogP contribution in [0.25, 0.3) is 0 Å². The Morgan fingerprint density at radius 3 is 3.05 bits per heavy atom. The second kappa shape index (κ2) is 5.25. The van der Waals surface area contributed by atoms with Gasteiger partial charge in [-0.15, -0.1) is 0 Å².